The zero-order valence-electron chi connectivity index (χ0n) is 12.4. The third-order valence-electron chi connectivity index (χ3n) is 3.09. The number of hydrogen-bond donors (Lipinski definition) is 1. The number of nitriles is 1. The maximum atomic E-state index is 12.2. The number of amides is 1. The van der Waals surface area contributed by atoms with E-state index in [0.29, 0.717) is 5.56 Å². The standard InChI is InChI=1S/C16H14N2O4/c1-9-5-4-6-11(7-9)14(19)18-15-12(8-17)13(10(2)22-15)16(20)21-3/h4-7H,1-3H3,(H,18,19). The summed E-state index contributed by atoms with van der Waals surface area (Å²) in [5.74, 6) is -0.964. The molecule has 112 valence electrons. The largest absolute Gasteiger partial charge is 0.465 e. The number of esters is 1. The smallest absolute Gasteiger partial charge is 0.342 e. The van der Waals surface area contributed by atoms with Crippen molar-refractivity contribution in [3.8, 4) is 6.07 Å². The van der Waals surface area contributed by atoms with Crippen molar-refractivity contribution in [2.45, 2.75) is 13.8 Å². The van der Waals surface area contributed by atoms with Crippen LogP contribution in [0.1, 0.15) is 37.6 Å². The first kappa shape index (κ1) is 15.3. The van der Waals surface area contributed by atoms with Gasteiger partial charge >= 0.3 is 5.97 Å². The number of nitrogens with zero attached hydrogens (tertiary/aromatic N) is 1. The third kappa shape index (κ3) is 2.83. The van der Waals surface area contributed by atoms with Gasteiger partial charge in [-0.15, -0.1) is 0 Å². The molecule has 0 aliphatic rings. The van der Waals surface area contributed by atoms with Crippen molar-refractivity contribution in [1.82, 2.24) is 0 Å². The van der Waals surface area contributed by atoms with Crippen LogP contribution in [0.4, 0.5) is 5.88 Å². The van der Waals surface area contributed by atoms with Gasteiger partial charge in [-0.05, 0) is 26.0 Å². The van der Waals surface area contributed by atoms with E-state index in [9.17, 15) is 14.9 Å². The van der Waals surface area contributed by atoms with E-state index in [1.165, 1.54) is 14.0 Å². The first-order valence-corrected chi connectivity index (χ1v) is 6.47. The number of hydrogen-bond acceptors (Lipinski definition) is 5. The van der Waals surface area contributed by atoms with Crippen LogP contribution in [-0.4, -0.2) is 19.0 Å². The highest BCUT2D eigenvalue weighted by Gasteiger charge is 2.25. The summed E-state index contributed by atoms with van der Waals surface area (Å²) >= 11 is 0. The van der Waals surface area contributed by atoms with Crippen LogP contribution in [0.2, 0.25) is 0 Å². The van der Waals surface area contributed by atoms with E-state index in [2.05, 4.69) is 10.1 Å². The molecule has 0 bridgehead atoms. The van der Waals surface area contributed by atoms with Gasteiger partial charge in [0.1, 0.15) is 23.0 Å². The minimum Gasteiger partial charge on any atom is -0.465 e. The monoisotopic (exact) mass is 298 g/mol. The lowest BCUT2D eigenvalue weighted by molar-refractivity contribution is 0.0598. The molecule has 6 nitrogen and oxygen atoms in total. The third-order valence-corrected chi connectivity index (χ3v) is 3.09. The summed E-state index contributed by atoms with van der Waals surface area (Å²) in [7, 11) is 1.21. The molecule has 0 atom stereocenters. The van der Waals surface area contributed by atoms with E-state index in [4.69, 9.17) is 4.42 Å². The summed E-state index contributed by atoms with van der Waals surface area (Å²) in [5, 5.41) is 11.7. The van der Waals surface area contributed by atoms with Gasteiger partial charge < -0.3 is 9.15 Å². The molecule has 1 aromatic heterocycles. The van der Waals surface area contributed by atoms with Crippen molar-refractivity contribution >= 4 is 17.8 Å². The second-order valence-corrected chi connectivity index (χ2v) is 4.66. The molecule has 0 radical (unpaired) electrons. The Bertz CT molecular complexity index is 784. The minimum absolute atomic E-state index is 0.0181. The first-order chi connectivity index (χ1) is 10.5. The Labute approximate surface area is 127 Å². The lowest BCUT2D eigenvalue weighted by atomic mass is 10.1. The van der Waals surface area contributed by atoms with Crippen LogP contribution in [0.15, 0.2) is 28.7 Å². The Morgan fingerprint density at radius 2 is 2.05 bits per heavy atom. The normalized spacial score (nSPS) is 9.91. The molecule has 1 amide bonds. The van der Waals surface area contributed by atoms with Crippen LogP contribution in [0, 0.1) is 25.2 Å². The Morgan fingerprint density at radius 3 is 2.64 bits per heavy atom. The fraction of sp³-hybridized carbons (Fsp3) is 0.188. The van der Waals surface area contributed by atoms with Gasteiger partial charge in [0.25, 0.3) is 5.91 Å². The van der Waals surface area contributed by atoms with Crippen LogP contribution >= 0.6 is 0 Å². The molecule has 22 heavy (non-hydrogen) atoms. The van der Waals surface area contributed by atoms with E-state index in [0.717, 1.165) is 5.56 Å². The van der Waals surface area contributed by atoms with E-state index in [1.54, 1.807) is 18.2 Å². The summed E-state index contributed by atoms with van der Waals surface area (Å²) in [6, 6.07) is 8.83. The van der Waals surface area contributed by atoms with Crippen LogP contribution in [0.3, 0.4) is 0 Å². The van der Waals surface area contributed by atoms with Gasteiger partial charge in [0, 0.05) is 5.56 Å². The number of carbonyl (C=O) groups is 2. The summed E-state index contributed by atoms with van der Waals surface area (Å²) in [6.45, 7) is 3.39. The Hall–Kier alpha value is -3.07. The van der Waals surface area contributed by atoms with Crippen molar-refractivity contribution in [2.24, 2.45) is 0 Å². The number of carbonyl (C=O) groups excluding carboxylic acids is 2. The summed E-state index contributed by atoms with van der Waals surface area (Å²) in [6.07, 6.45) is 0. The van der Waals surface area contributed by atoms with Gasteiger partial charge in [0.2, 0.25) is 5.88 Å². The Balaban J connectivity index is 2.37. The lowest BCUT2D eigenvalue weighted by Crippen LogP contribution is -2.12. The minimum atomic E-state index is -0.686. The fourth-order valence-electron chi connectivity index (χ4n) is 2.05. The van der Waals surface area contributed by atoms with E-state index >= 15 is 0 Å². The molecule has 0 aliphatic carbocycles. The number of furan rings is 1. The number of ether oxygens (including phenoxy) is 1. The van der Waals surface area contributed by atoms with E-state index < -0.39 is 11.9 Å². The van der Waals surface area contributed by atoms with Gasteiger partial charge in [-0.25, -0.2) is 4.79 Å². The molecule has 0 spiro atoms. The zero-order valence-corrected chi connectivity index (χ0v) is 12.4. The zero-order chi connectivity index (χ0) is 16.3. The van der Waals surface area contributed by atoms with Gasteiger partial charge in [-0.1, -0.05) is 17.7 Å². The SMILES string of the molecule is COC(=O)c1c(C)oc(NC(=O)c2cccc(C)c2)c1C#N. The number of benzene rings is 1. The topological polar surface area (TPSA) is 92.3 Å². The quantitative estimate of drug-likeness (QED) is 0.879. The summed E-state index contributed by atoms with van der Waals surface area (Å²) in [5.41, 5.74) is 1.33. The molecule has 2 rings (SSSR count). The van der Waals surface area contributed by atoms with Gasteiger partial charge in [0.05, 0.1) is 7.11 Å². The number of anilines is 1. The Kier molecular flexibility index (Phi) is 4.28. The number of methoxy groups -OCH3 is 1. The van der Waals surface area contributed by atoms with Crippen LogP contribution in [-0.2, 0) is 4.74 Å². The molecule has 0 saturated heterocycles. The lowest BCUT2D eigenvalue weighted by Gasteiger charge is -2.03. The second-order valence-electron chi connectivity index (χ2n) is 4.66. The molecule has 0 unspecified atom stereocenters. The van der Waals surface area contributed by atoms with Gasteiger partial charge in [0.15, 0.2) is 0 Å². The molecule has 6 heteroatoms. The number of nitrogens with one attached hydrogen (secondary N) is 1. The predicted octanol–water partition coefficient (Wildman–Crippen LogP) is 2.81. The van der Waals surface area contributed by atoms with Crippen molar-refractivity contribution in [3.63, 3.8) is 0 Å². The average molecular weight is 298 g/mol. The number of rotatable bonds is 3. The fourth-order valence-corrected chi connectivity index (χ4v) is 2.05. The first-order valence-electron chi connectivity index (χ1n) is 6.47. The van der Waals surface area contributed by atoms with E-state index in [1.807, 2.05) is 19.1 Å². The summed E-state index contributed by atoms with van der Waals surface area (Å²) < 4.78 is 9.94. The van der Waals surface area contributed by atoms with Crippen LogP contribution in [0.25, 0.3) is 0 Å². The average Bonchev–Trinajstić information content (AvgIpc) is 2.81. The molecule has 1 heterocycles. The van der Waals surface area contributed by atoms with Gasteiger partial charge in [-0.3, -0.25) is 10.1 Å². The molecule has 0 aliphatic heterocycles. The van der Waals surface area contributed by atoms with Crippen molar-refractivity contribution in [3.05, 3.63) is 52.3 Å². The van der Waals surface area contributed by atoms with Crippen molar-refractivity contribution < 1.29 is 18.7 Å². The van der Waals surface area contributed by atoms with Crippen LogP contribution in [0.5, 0.6) is 0 Å². The molecule has 0 saturated carbocycles. The van der Waals surface area contributed by atoms with E-state index in [-0.39, 0.29) is 22.8 Å². The molecule has 0 fully saturated rings. The highest BCUT2D eigenvalue weighted by atomic mass is 16.5. The van der Waals surface area contributed by atoms with Gasteiger partial charge in [-0.2, -0.15) is 5.26 Å². The molecule has 1 aromatic carbocycles. The molecule has 1 N–H and O–H groups in total. The predicted molar refractivity (Wildman–Crippen MR) is 78.6 cm³/mol. The molecular weight excluding hydrogens is 284 g/mol. The molecule has 2 aromatic rings. The Morgan fingerprint density at radius 1 is 1.32 bits per heavy atom. The second kappa shape index (κ2) is 6.14. The summed E-state index contributed by atoms with van der Waals surface area (Å²) in [4.78, 5) is 23.9. The van der Waals surface area contributed by atoms with Crippen LogP contribution < -0.4 is 5.32 Å². The maximum Gasteiger partial charge on any atom is 0.342 e. The number of aryl methyl sites for hydroxylation is 2. The van der Waals surface area contributed by atoms with Crippen molar-refractivity contribution in [1.29, 1.82) is 5.26 Å². The molecular formula is C16H14N2O4. The maximum absolute atomic E-state index is 12.2. The highest BCUT2D eigenvalue weighted by Crippen LogP contribution is 2.27. The van der Waals surface area contributed by atoms with Crippen molar-refractivity contribution in [2.75, 3.05) is 12.4 Å². The highest BCUT2D eigenvalue weighted by molar-refractivity contribution is 6.05.